The molecule has 3 aromatic rings. The molecule has 0 unspecified atom stereocenters. The second kappa shape index (κ2) is 11.1. The van der Waals surface area contributed by atoms with Gasteiger partial charge in [0, 0.05) is 25.8 Å². The molecule has 0 aliphatic heterocycles. The number of hydrogen-bond acceptors (Lipinski definition) is 4. The van der Waals surface area contributed by atoms with E-state index in [0.29, 0.717) is 37.6 Å². The van der Waals surface area contributed by atoms with Crippen LogP contribution in [0.4, 0.5) is 0 Å². The predicted molar refractivity (Wildman–Crippen MR) is 118 cm³/mol. The highest BCUT2D eigenvalue weighted by atomic mass is 16.5. The number of amides is 2. The third-order valence-electron chi connectivity index (χ3n) is 4.97. The van der Waals surface area contributed by atoms with Crippen LogP contribution >= 0.6 is 0 Å². The highest BCUT2D eigenvalue weighted by Gasteiger charge is 2.23. The summed E-state index contributed by atoms with van der Waals surface area (Å²) in [7, 11) is 1.58. The number of benzene rings is 2. The van der Waals surface area contributed by atoms with Crippen molar-refractivity contribution in [3.63, 3.8) is 0 Å². The standard InChI is InChI=1S/C25H28N2O4/c1-20-10-12-22(13-11-20)25(29)26(14-16-30-2)19-24(28)27(18-23-9-6-15-31-23)17-21-7-4-3-5-8-21/h3-13,15H,14,16-19H2,1-2H3. The summed E-state index contributed by atoms with van der Waals surface area (Å²) in [6, 6.07) is 20.8. The van der Waals surface area contributed by atoms with Crippen molar-refractivity contribution >= 4 is 11.8 Å². The van der Waals surface area contributed by atoms with Gasteiger partial charge in [-0.2, -0.15) is 0 Å². The van der Waals surface area contributed by atoms with Gasteiger partial charge in [0.25, 0.3) is 5.91 Å². The fraction of sp³-hybridized carbons (Fsp3) is 0.280. The monoisotopic (exact) mass is 420 g/mol. The van der Waals surface area contributed by atoms with Gasteiger partial charge in [-0.05, 0) is 36.8 Å². The van der Waals surface area contributed by atoms with Crippen LogP contribution < -0.4 is 0 Å². The number of carbonyl (C=O) groups is 2. The molecule has 0 bridgehead atoms. The minimum Gasteiger partial charge on any atom is -0.467 e. The summed E-state index contributed by atoms with van der Waals surface area (Å²) in [5.74, 6) is 0.345. The van der Waals surface area contributed by atoms with Crippen LogP contribution in [0, 0.1) is 6.92 Å². The quantitative estimate of drug-likeness (QED) is 0.499. The van der Waals surface area contributed by atoms with Crippen molar-refractivity contribution in [2.75, 3.05) is 26.8 Å². The summed E-state index contributed by atoms with van der Waals surface area (Å²) in [6.45, 7) is 3.37. The van der Waals surface area contributed by atoms with Crippen molar-refractivity contribution < 1.29 is 18.7 Å². The fourth-order valence-corrected chi connectivity index (χ4v) is 3.22. The smallest absolute Gasteiger partial charge is 0.254 e. The Morgan fingerprint density at radius 1 is 0.903 bits per heavy atom. The largest absolute Gasteiger partial charge is 0.467 e. The molecule has 2 aromatic carbocycles. The molecule has 0 aliphatic carbocycles. The number of rotatable bonds is 10. The van der Waals surface area contributed by atoms with E-state index in [-0.39, 0.29) is 18.4 Å². The zero-order chi connectivity index (χ0) is 22.1. The lowest BCUT2D eigenvalue weighted by molar-refractivity contribution is -0.133. The Hall–Kier alpha value is -3.38. The zero-order valence-electron chi connectivity index (χ0n) is 18.0. The normalized spacial score (nSPS) is 10.6. The number of carbonyl (C=O) groups excluding carboxylic acids is 2. The van der Waals surface area contributed by atoms with Crippen molar-refractivity contribution in [3.05, 3.63) is 95.4 Å². The maximum absolute atomic E-state index is 13.3. The van der Waals surface area contributed by atoms with Crippen molar-refractivity contribution in [1.82, 2.24) is 9.80 Å². The van der Waals surface area contributed by atoms with E-state index in [4.69, 9.17) is 9.15 Å². The maximum Gasteiger partial charge on any atom is 0.254 e. The van der Waals surface area contributed by atoms with Gasteiger partial charge in [0.15, 0.2) is 0 Å². The van der Waals surface area contributed by atoms with E-state index in [1.807, 2.05) is 55.5 Å². The average molecular weight is 421 g/mol. The van der Waals surface area contributed by atoms with E-state index in [1.54, 1.807) is 36.5 Å². The van der Waals surface area contributed by atoms with Gasteiger partial charge in [-0.1, -0.05) is 48.0 Å². The Labute approximate surface area is 183 Å². The third kappa shape index (κ3) is 6.55. The van der Waals surface area contributed by atoms with Crippen LogP contribution in [0.3, 0.4) is 0 Å². The molecule has 0 saturated carbocycles. The van der Waals surface area contributed by atoms with Crippen molar-refractivity contribution in [3.8, 4) is 0 Å². The van der Waals surface area contributed by atoms with Crippen LogP contribution in [0.2, 0.25) is 0 Å². The van der Waals surface area contributed by atoms with E-state index in [1.165, 1.54) is 4.90 Å². The van der Waals surface area contributed by atoms with E-state index >= 15 is 0 Å². The molecule has 162 valence electrons. The second-order valence-electron chi connectivity index (χ2n) is 7.40. The minimum atomic E-state index is -0.192. The topological polar surface area (TPSA) is 63.0 Å². The molecule has 6 heteroatoms. The number of aryl methyl sites for hydroxylation is 1. The molecule has 0 atom stereocenters. The molecule has 2 amide bonds. The number of hydrogen-bond donors (Lipinski definition) is 0. The van der Waals surface area contributed by atoms with Gasteiger partial charge in [0.05, 0.1) is 19.4 Å². The van der Waals surface area contributed by atoms with Crippen molar-refractivity contribution in [2.24, 2.45) is 0 Å². The fourth-order valence-electron chi connectivity index (χ4n) is 3.22. The third-order valence-corrected chi connectivity index (χ3v) is 4.97. The summed E-state index contributed by atoms with van der Waals surface area (Å²) in [4.78, 5) is 29.6. The van der Waals surface area contributed by atoms with E-state index in [0.717, 1.165) is 11.1 Å². The molecule has 0 aliphatic rings. The highest BCUT2D eigenvalue weighted by molar-refractivity contribution is 5.96. The highest BCUT2D eigenvalue weighted by Crippen LogP contribution is 2.13. The first-order valence-electron chi connectivity index (χ1n) is 10.3. The van der Waals surface area contributed by atoms with Crippen molar-refractivity contribution in [1.29, 1.82) is 0 Å². The molecule has 3 rings (SSSR count). The molecule has 6 nitrogen and oxygen atoms in total. The number of nitrogens with zero attached hydrogens (tertiary/aromatic N) is 2. The van der Waals surface area contributed by atoms with Gasteiger partial charge >= 0.3 is 0 Å². The Balaban J connectivity index is 1.77. The van der Waals surface area contributed by atoms with Gasteiger partial charge < -0.3 is 19.0 Å². The molecule has 0 radical (unpaired) electrons. The summed E-state index contributed by atoms with van der Waals surface area (Å²) in [6.07, 6.45) is 1.59. The Kier molecular flexibility index (Phi) is 8.01. The number of furan rings is 1. The van der Waals surface area contributed by atoms with Gasteiger partial charge in [0.1, 0.15) is 12.3 Å². The predicted octanol–water partition coefficient (Wildman–Crippen LogP) is 3.91. The molecule has 0 fully saturated rings. The second-order valence-corrected chi connectivity index (χ2v) is 7.40. The average Bonchev–Trinajstić information content (AvgIpc) is 3.30. The van der Waals surface area contributed by atoms with Crippen LogP contribution in [0.25, 0.3) is 0 Å². The molecule has 0 spiro atoms. The van der Waals surface area contributed by atoms with Crippen LogP contribution in [0.1, 0.15) is 27.2 Å². The first-order chi connectivity index (χ1) is 15.1. The Bertz CT molecular complexity index is 953. The van der Waals surface area contributed by atoms with Gasteiger partial charge in [-0.25, -0.2) is 0 Å². The van der Waals surface area contributed by atoms with Gasteiger partial charge in [0.2, 0.25) is 5.91 Å². The summed E-state index contributed by atoms with van der Waals surface area (Å²) in [5, 5.41) is 0. The molecule has 0 N–H and O–H groups in total. The van der Waals surface area contributed by atoms with Gasteiger partial charge in [-0.15, -0.1) is 0 Å². The lowest BCUT2D eigenvalue weighted by atomic mass is 10.1. The lowest BCUT2D eigenvalue weighted by Crippen LogP contribution is -2.43. The van der Waals surface area contributed by atoms with Crippen molar-refractivity contribution in [2.45, 2.75) is 20.0 Å². The molecule has 0 saturated heterocycles. The molecule has 1 aromatic heterocycles. The van der Waals surface area contributed by atoms with E-state index in [9.17, 15) is 9.59 Å². The minimum absolute atomic E-state index is 0.0381. The molecular formula is C25H28N2O4. The SMILES string of the molecule is COCCN(CC(=O)N(Cc1ccccc1)Cc1ccco1)C(=O)c1ccc(C)cc1. The maximum atomic E-state index is 13.3. The molecule has 31 heavy (non-hydrogen) atoms. The van der Waals surface area contributed by atoms with Crippen LogP contribution in [-0.4, -0.2) is 48.4 Å². The van der Waals surface area contributed by atoms with Crippen LogP contribution in [-0.2, 0) is 22.6 Å². The number of ether oxygens (including phenoxy) is 1. The number of methoxy groups -OCH3 is 1. The Morgan fingerprint density at radius 2 is 1.65 bits per heavy atom. The first-order valence-corrected chi connectivity index (χ1v) is 10.3. The van der Waals surface area contributed by atoms with E-state index < -0.39 is 0 Å². The summed E-state index contributed by atoms with van der Waals surface area (Å²) < 4.78 is 10.6. The first kappa shape index (κ1) is 22.3. The van der Waals surface area contributed by atoms with Crippen LogP contribution in [0.15, 0.2) is 77.4 Å². The molecule has 1 heterocycles. The Morgan fingerprint density at radius 3 is 2.29 bits per heavy atom. The lowest BCUT2D eigenvalue weighted by Gasteiger charge is -2.27. The van der Waals surface area contributed by atoms with Gasteiger partial charge in [-0.3, -0.25) is 9.59 Å². The summed E-state index contributed by atoms with van der Waals surface area (Å²) >= 11 is 0. The van der Waals surface area contributed by atoms with Crippen LogP contribution in [0.5, 0.6) is 0 Å². The van der Waals surface area contributed by atoms with E-state index in [2.05, 4.69) is 0 Å². The zero-order valence-corrected chi connectivity index (χ0v) is 18.0. The molecular weight excluding hydrogens is 392 g/mol. The summed E-state index contributed by atoms with van der Waals surface area (Å²) in [5.41, 5.74) is 2.63.